The molecule has 0 aliphatic rings. The van der Waals surface area contributed by atoms with Gasteiger partial charge in [-0.2, -0.15) is 0 Å². The van der Waals surface area contributed by atoms with E-state index in [-0.39, 0.29) is 11.9 Å². The fourth-order valence-electron chi connectivity index (χ4n) is 1.71. The second-order valence-electron chi connectivity index (χ2n) is 3.99. The van der Waals surface area contributed by atoms with E-state index in [2.05, 4.69) is 12.2 Å². The van der Waals surface area contributed by atoms with Gasteiger partial charge in [-0.3, -0.25) is 0 Å². The van der Waals surface area contributed by atoms with Crippen molar-refractivity contribution < 1.29 is 4.39 Å². The normalized spacial score (nSPS) is 12.8. The first kappa shape index (κ1) is 12.2. The Balaban J connectivity index is 2.78. The molecule has 0 aliphatic carbocycles. The van der Waals surface area contributed by atoms with Crippen molar-refractivity contribution in [2.45, 2.75) is 39.2 Å². The highest BCUT2D eigenvalue weighted by molar-refractivity contribution is 5.25. The standard InChI is InChI=1S/C13H20FN/c1-4-5-6-13(15-3)11-8-7-10(2)12(14)9-11/h7-9,13,15H,4-6H2,1-3H3. The predicted octanol–water partition coefficient (Wildman–Crippen LogP) is 3.58. The van der Waals surface area contributed by atoms with Crippen LogP contribution in [0.4, 0.5) is 4.39 Å². The van der Waals surface area contributed by atoms with E-state index in [0.29, 0.717) is 5.56 Å². The Hall–Kier alpha value is -0.890. The third kappa shape index (κ3) is 3.31. The molecule has 1 N–H and O–H groups in total. The zero-order chi connectivity index (χ0) is 11.3. The average Bonchev–Trinajstić information content (AvgIpc) is 2.24. The summed E-state index contributed by atoms with van der Waals surface area (Å²) in [6.45, 7) is 3.96. The first-order valence-corrected chi connectivity index (χ1v) is 5.62. The van der Waals surface area contributed by atoms with Crippen LogP contribution in [0.15, 0.2) is 18.2 Å². The van der Waals surface area contributed by atoms with Crippen LogP contribution in [0, 0.1) is 12.7 Å². The van der Waals surface area contributed by atoms with Crippen molar-refractivity contribution in [1.29, 1.82) is 0 Å². The Kier molecular flexibility index (Phi) is 4.76. The Labute approximate surface area is 91.7 Å². The van der Waals surface area contributed by atoms with Crippen LogP contribution in [-0.2, 0) is 0 Å². The summed E-state index contributed by atoms with van der Waals surface area (Å²) in [6.07, 6.45) is 3.41. The van der Waals surface area contributed by atoms with E-state index in [1.807, 2.05) is 19.2 Å². The van der Waals surface area contributed by atoms with E-state index >= 15 is 0 Å². The van der Waals surface area contributed by atoms with Crippen LogP contribution in [0.1, 0.15) is 43.4 Å². The molecular formula is C13H20FN. The van der Waals surface area contributed by atoms with Crippen molar-refractivity contribution in [3.05, 3.63) is 35.1 Å². The summed E-state index contributed by atoms with van der Waals surface area (Å²) in [7, 11) is 1.93. The van der Waals surface area contributed by atoms with E-state index in [1.165, 1.54) is 12.8 Å². The lowest BCUT2D eigenvalue weighted by Crippen LogP contribution is -2.16. The summed E-state index contributed by atoms with van der Waals surface area (Å²) in [5.74, 6) is -0.107. The maximum Gasteiger partial charge on any atom is 0.126 e. The summed E-state index contributed by atoms with van der Waals surface area (Å²) in [4.78, 5) is 0. The van der Waals surface area contributed by atoms with Gasteiger partial charge in [-0.15, -0.1) is 0 Å². The SMILES string of the molecule is CCCCC(NC)c1ccc(C)c(F)c1. The Morgan fingerprint density at radius 3 is 2.67 bits per heavy atom. The molecule has 1 rings (SSSR count). The molecular weight excluding hydrogens is 189 g/mol. The van der Waals surface area contributed by atoms with Gasteiger partial charge in [-0.05, 0) is 37.6 Å². The second-order valence-corrected chi connectivity index (χ2v) is 3.99. The zero-order valence-electron chi connectivity index (χ0n) is 9.81. The summed E-state index contributed by atoms with van der Waals surface area (Å²) < 4.78 is 13.4. The fourth-order valence-corrected chi connectivity index (χ4v) is 1.71. The van der Waals surface area contributed by atoms with Crippen LogP contribution < -0.4 is 5.32 Å². The van der Waals surface area contributed by atoms with Gasteiger partial charge in [0.25, 0.3) is 0 Å². The number of benzene rings is 1. The quantitative estimate of drug-likeness (QED) is 0.781. The molecule has 15 heavy (non-hydrogen) atoms. The molecule has 1 atom stereocenters. The molecule has 0 spiro atoms. The molecule has 84 valence electrons. The summed E-state index contributed by atoms with van der Waals surface area (Å²) >= 11 is 0. The molecule has 1 unspecified atom stereocenters. The van der Waals surface area contributed by atoms with Gasteiger partial charge >= 0.3 is 0 Å². The van der Waals surface area contributed by atoms with E-state index in [9.17, 15) is 4.39 Å². The number of aryl methyl sites for hydroxylation is 1. The smallest absolute Gasteiger partial charge is 0.126 e. The van der Waals surface area contributed by atoms with Crippen LogP contribution in [0.25, 0.3) is 0 Å². The first-order valence-electron chi connectivity index (χ1n) is 5.62. The molecule has 0 aliphatic heterocycles. The number of rotatable bonds is 5. The van der Waals surface area contributed by atoms with Crippen molar-refractivity contribution in [3.8, 4) is 0 Å². The van der Waals surface area contributed by atoms with Gasteiger partial charge in [0.05, 0.1) is 0 Å². The highest BCUT2D eigenvalue weighted by Crippen LogP contribution is 2.21. The summed E-state index contributed by atoms with van der Waals surface area (Å²) in [5.41, 5.74) is 1.76. The largest absolute Gasteiger partial charge is 0.313 e. The van der Waals surface area contributed by atoms with Crippen molar-refractivity contribution in [2.24, 2.45) is 0 Å². The number of hydrogen-bond acceptors (Lipinski definition) is 1. The Morgan fingerprint density at radius 1 is 1.40 bits per heavy atom. The van der Waals surface area contributed by atoms with Crippen molar-refractivity contribution in [3.63, 3.8) is 0 Å². The molecule has 1 aromatic carbocycles. The fraction of sp³-hybridized carbons (Fsp3) is 0.538. The molecule has 0 bridgehead atoms. The van der Waals surface area contributed by atoms with Gasteiger partial charge in [0.15, 0.2) is 0 Å². The van der Waals surface area contributed by atoms with E-state index in [4.69, 9.17) is 0 Å². The van der Waals surface area contributed by atoms with Gasteiger partial charge in [0.1, 0.15) is 5.82 Å². The molecule has 2 heteroatoms. The molecule has 0 fully saturated rings. The predicted molar refractivity (Wildman–Crippen MR) is 62.5 cm³/mol. The van der Waals surface area contributed by atoms with E-state index in [1.54, 1.807) is 13.0 Å². The topological polar surface area (TPSA) is 12.0 Å². The zero-order valence-corrected chi connectivity index (χ0v) is 9.81. The highest BCUT2D eigenvalue weighted by Gasteiger charge is 2.09. The van der Waals surface area contributed by atoms with Crippen LogP contribution >= 0.6 is 0 Å². The van der Waals surface area contributed by atoms with E-state index < -0.39 is 0 Å². The minimum absolute atomic E-state index is 0.107. The van der Waals surface area contributed by atoms with Crippen molar-refractivity contribution in [1.82, 2.24) is 5.32 Å². The molecule has 1 aromatic rings. The molecule has 1 nitrogen and oxygen atoms in total. The third-order valence-electron chi connectivity index (χ3n) is 2.79. The minimum Gasteiger partial charge on any atom is -0.313 e. The average molecular weight is 209 g/mol. The maximum absolute atomic E-state index is 13.4. The molecule has 0 heterocycles. The lowest BCUT2D eigenvalue weighted by Gasteiger charge is -2.16. The van der Waals surface area contributed by atoms with E-state index in [0.717, 1.165) is 12.0 Å². The molecule has 0 saturated carbocycles. The number of hydrogen-bond donors (Lipinski definition) is 1. The number of halogens is 1. The third-order valence-corrected chi connectivity index (χ3v) is 2.79. The van der Waals surface area contributed by atoms with Gasteiger partial charge < -0.3 is 5.32 Å². The summed E-state index contributed by atoms with van der Waals surface area (Å²) in [6, 6.07) is 5.78. The van der Waals surface area contributed by atoms with Crippen LogP contribution in [0.2, 0.25) is 0 Å². The van der Waals surface area contributed by atoms with Gasteiger partial charge in [0.2, 0.25) is 0 Å². The molecule has 0 radical (unpaired) electrons. The van der Waals surface area contributed by atoms with Gasteiger partial charge in [-0.25, -0.2) is 4.39 Å². The lowest BCUT2D eigenvalue weighted by molar-refractivity contribution is 0.517. The van der Waals surface area contributed by atoms with Crippen molar-refractivity contribution >= 4 is 0 Å². The van der Waals surface area contributed by atoms with Gasteiger partial charge in [0, 0.05) is 6.04 Å². The summed E-state index contributed by atoms with van der Waals surface area (Å²) in [5, 5.41) is 3.23. The van der Waals surface area contributed by atoms with Gasteiger partial charge in [-0.1, -0.05) is 31.9 Å². The Morgan fingerprint density at radius 2 is 2.13 bits per heavy atom. The lowest BCUT2D eigenvalue weighted by atomic mass is 10.00. The highest BCUT2D eigenvalue weighted by atomic mass is 19.1. The van der Waals surface area contributed by atoms with Crippen LogP contribution in [-0.4, -0.2) is 7.05 Å². The number of nitrogens with one attached hydrogen (secondary N) is 1. The van der Waals surface area contributed by atoms with Crippen molar-refractivity contribution in [2.75, 3.05) is 7.05 Å². The van der Waals surface area contributed by atoms with Crippen LogP contribution in [0.3, 0.4) is 0 Å². The first-order chi connectivity index (χ1) is 7.19. The number of unbranched alkanes of at least 4 members (excludes halogenated alkanes) is 1. The molecule has 0 aromatic heterocycles. The molecule has 0 amide bonds. The second kappa shape index (κ2) is 5.86. The van der Waals surface area contributed by atoms with Crippen LogP contribution in [0.5, 0.6) is 0 Å². The monoisotopic (exact) mass is 209 g/mol. The Bertz CT molecular complexity index is 309. The molecule has 0 saturated heterocycles. The minimum atomic E-state index is -0.107. The maximum atomic E-state index is 13.4.